The molecule has 2 aromatic rings. The second-order valence-corrected chi connectivity index (χ2v) is 2.31. The molecule has 0 aromatic carbocycles. The van der Waals surface area contributed by atoms with Gasteiger partial charge in [-0.2, -0.15) is 5.10 Å². The van der Waals surface area contributed by atoms with Crippen LogP contribution in [0.2, 0.25) is 0 Å². The Morgan fingerprint density at radius 1 is 1.33 bits per heavy atom. The molecule has 0 aliphatic heterocycles. The molecule has 0 amide bonds. The Balaban J connectivity index is 2.45. The molecule has 60 valence electrons. The van der Waals surface area contributed by atoms with Crippen LogP contribution in [0.3, 0.4) is 0 Å². The summed E-state index contributed by atoms with van der Waals surface area (Å²) in [7, 11) is 0. The van der Waals surface area contributed by atoms with Gasteiger partial charge >= 0.3 is 0 Å². The zero-order chi connectivity index (χ0) is 8.39. The van der Waals surface area contributed by atoms with E-state index in [4.69, 9.17) is 0 Å². The Labute approximate surface area is 68.5 Å². The van der Waals surface area contributed by atoms with Gasteiger partial charge in [0.25, 0.3) is 0 Å². The summed E-state index contributed by atoms with van der Waals surface area (Å²) in [5.74, 6) is -0.348. The minimum Gasteiger partial charge on any atom is -0.262 e. The number of halogens is 1. The molecule has 2 heterocycles. The van der Waals surface area contributed by atoms with Gasteiger partial charge in [0.2, 0.25) is 0 Å². The van der Waals surface area contributed by atoms with Crippen LogP contribution >= 0.6 is 0 Å². The van der Waals surface area contributed by atoms with Gasteiger partial charge in [-0.15, -0.1) is 0 Å². The zero-order valence-corrected chi connectivity index (χ0v) is 6.18. The lowest BCUT2D eigenvalue weighted by molar-refractivity contribution is 0.627. The van der Waals surface area contributed by atoms with Gasteiger partial charge < -0.3 is 0 Å². The van der Waals surface area contributed by atoms with Crippen molar-refractivity contribution in [2.45, 2.75) is 0 Å². The summed E-state index contributed by atoms with van der Waals surface area (Å²) in [6.45, 7) is 0. The first-order valence-corrected chi connectivity index (χ1v) is 3.47. The van der Waals surface area contributed by atoms with E-state index in [0.29, 0.717) is 0 Å². The lowest BCUT2D eigenvalue weighted by Crippen LogP contribution is -1.93. The summed E-state index contributed by atoms with van der Waals surface area (Å²) in [4.78, 5) is 3.89. The number of rotatable bonds is 1. The average molecular weight is 163 g/mol. The zero-order valence-electron chi connectivity index (χ0n) is 6.18. The topological polar surface area (TPSA) is 30.7 Å². The average Bonchev–Trinajstić information content (AvgIpc) is 2.54. The smallest absolute Gasteiger partial charge is 0.161 e. The van der Waals surface area contributed by atoms with Crippen LogP contribution in [0.25, 0.3) is 5.69 Å². The molecule has 0 saturated heterocycles. The minimum absolute atomic E-state index is 0.348. The molecule has 0 aliphatic carbocycles. The number of aromatic nitrogens is 3. The maximum atomic E-state index is 12.5. The lowest BCUT2D eigenvalue weighted by Gasteiger charge is -1.96. The Hall–Kier alpha value is -1.71. The molecule has 0 unspecified atom stereocenters. The molecule has 0 N–H and O–H groups in total. The van der Waals surface area contributed by atoms with Crippen molar-refractivity contribution in [2.75, 3.05) is 0 Å². The van der Waals surface area contributed by atoms with Gasteiger partial charge in [-0.25, -0.2) is 9.07 Å². The van der Waals surface area contributed by atoms with Crippen molar-refractivity contribution in [2.24, 2.45) is 0 Å². The van der Waals surface area contributed by atoms with E-state index in [1.165, 1.54) is 10.9 Å². The fraction of sp³-hybridized carbons (Fsp3) is 0. The normalized spacial score (nSPS) is 10.1. The number of pyridine rings is 1. The van der Waals surface area contributed by atoms with Gasteiger partial charge in [-0.05, 0) is 12.1 Å². The van der Waals surface area contributed by atoms with Crippen molar-refractivity contribution in [1.29, 1.82) is 0 Å². The first-order valence-electron chi connectivity index (χ1n) is 3.47. The molecule has 0 aliphatic rings. The van der Waals surface area contributed by atoms with Gasteiger partial charge in [-0.1, -0.05) is 0 Å². The second kappa shape index (κ2) is 2.73. The molecular weight excluding hydrogens is 157 g/mol. The molecular formula is C8H6FN3. The van der Waals surface area contributed by atoms with Crippen LogP contribution in [0.5, 0.6) is 0 Å². The highest BCUT2D eigenvalue weighted by atomic mass is 19.1. The van der Waals surface area contributed by atoms with Gasteiger partial charge in [0.1, 0.15) is 0 Å². The largest absolute Gasteiger partial charge is 0.262 e. The fourth-order valence-corrected chi connectivity index (χ4v) is 0.931. The standard InChI is InChI=1S/C8H6FN3/c9-7-4-11-12(6-7)8-2-1-3-10-5-8/h1-6H. The second-order valence-electron chi connectivity index (χ2n) is 2.31. The first kappa shape index (κ1) is 6.97. The van der Waals surface area contributed by atoms with Crippen LogP contribution in [0.15, 0.2) is 36.9 Å². The molecule has 0 fully saturated rings. The van der Waals surface area contributed by atoms with E-state index in [1.54, 1.807) is 24.5 Å². The minimum atomic E-state index is -0.348. The highest BCUT2D eigenvalue weighted by molar-refractivity contribution is 5.25. The molecule has 2 rings (SSSR count). The molecule has 0 saturated carbocycles. The Morgan fingerprint density at radius 2 is 2.25 bits per heavy atom. The van der Waals surface area contributed by atoms with E-state index in [9.17, 15) is 4.39 Å². The molecule has 4 heteroatoms. The summed E-state index contributed by atoms with van der Waals surface area (Å²) < 4.78 is 13.9. The summed E-state index contributed by atoms with van der Waals surface area (Å²) in [5, 5.41) is 3.79. The number of hydrogen-bond acceptors (Lipinski definition) is 2. The van der Waals surface area contributed by atoms with Crippen molar-refractivity contribution < 1.29 is 4.39 Å². The van der Waals surface area contributed by atoms with Gasteiger partial charge in [0, 0.05) is 6.20 Å². The molecule has 0 radical (unpaired) electrons. The molecule has 0 spiro atoms. The summed E-state index contributed by atoms with van der Waals surface area (Å²) >= 11 is 0. The number of nitrogens with zero attached hydrogens (tertiary/aromatic N) is 3. The van der Waals surface area contributed by atoms with Crippen LogP contribution in [0.1, 0.15) is 0 Å². The van der Waals surface area contributed by atoms with E-state index in [1.807, 2.05) is 0 Å². The monoisotopic (exact) mass is 163 g/mol. The summed E-state index contributed by atoms with van der Waals surface area (Å²) in [5.41, 5.74) is 0.751. The Morgan fingerprint density at radius 3 is 2.83 bits per heavy atom. The van der Waals surface area contributed by atoms with Crippen molar-refractivity contribution in [1.82, 2.24) is 14.8 Å². The number of hydrogen-bond donors (Lipinski definition) is 0. The van der Waals surface area contributed by atoms with Gasteiger partial charge in [-0.3, -0.25) is 4.98 Å². The SMILES string of the molecule is Fc1cnn(-c2cccnc2)c1. The third kappa shape index (κ3) is 1.18. The highest BCUT2D eigenvalue weighted by Crippen LogP contribution is 2.04. The fourth-order valence-electron chi connectivity index (χ4n) is 0.931. The molecule has 3 nitrogen and oxygen atoms in total. The molecule has 2 aromatic heterocycles. The van der Waals surface area contributed by atoms with E-state index < -0.39 is 0 Å². The van der Waals surface area contributed by atoms with E-state index >= 15 is 0 Å². The van der Waals surface area contributed by atoms with Crippen LogP contribution in [-0.2, 0) is 0 Å². The van der Waals surface area contributed by atoms with Crippen LogP contribution in [-0.4, -0.2) is 14.8 Å². The first-order chi connectivity index (χ1) is 5.86. The van der Waals surface area contributed by atoms with Crippen LogP contribution in [0, 0.1) is 5.82 Å². The van der Waals surface area contributed by atoms with Crippen molar-refractivity contribution in [3.8, 4) is 5.69 Å². The lowest BCUT2D eigenvalue weighted by atomic mass is 10.4. The highest BCUT2D eigenvalue weighted by Gasteiger charge is 1.97. The summed E-state index contributed by atoms with van der Waals surface area (Å²) in [6.07, 6.45) is 5.74. The van der Waals surface area contributed by atoms with Crippen molar-refractivity contribution in [3.63, 3.8) is 0 Å². The third-order valence-electron chi connectivity index (χ3n) is 1.46. The van der Waals surface area contributed by atoms with Crippen LogP contribution < -0.4 is 0 Å². The molecule has 0 atom stereocenters. The molecule has 0 bridgehead atoms. The van der Waals surface area contributed by atoms with E-state index in [2.05, 4.69) is 10.1 Å². The molecule has 12 heavy (non-hydrogen) atoms. The van der Waals surface area contributed by atoms with E-state index in [-0.39, 0.29) is 5.82 Å². The quantitative estimate of drug-likeness (QED) is 0.636. The Bertz CT molecular complexity index is 369. The van der Waals surface area contributed by atoms with Gasteiger partial charge in [0.15, 0.2) is 5.82 Å². The predicted octanol–water partition coefficient (Wildman–Crippen LogP) is 1.41. The van der Waals surface area contributed by atoms with Crippen molar-refractivity contribution >= 4 is 0 Å². The van der Waals surface area contributed by atoms with Gasteiger partial charge in [0.05, 0.1) is 24.3 Å². The maximum absolute atomic E-state index is 12.5. The van der Waals surface area contributed by atoms with E-state index in [0.717, 1.165) is 11.9 Å². The predicted molar refractivity (Wildman–Crippen MR) is 41.3 cm³/mol. The third-order valence-corrected chi connectivity index (χ3v) is 1.46. The Kier molecular flexibility index (Phi) is 1.59. The van der Waals surface area contributed by atoms with Crippen molar-refractivity contribution in [3.05, 3.63) is 42.7 Å². The summed E-state index contributed by atoms with van der Waals surface area (Å²) in [6, 6.07) is 3.58. The van der Waals surface area contributed by atoms with Crippen LogP contribution in [0.4, 0.5) is 4.39 Å². The maximum Gasteiger partial charge on any atom is 0.161 e.